The van der Waals surface area contributed by atoms with E-state index in [2.05, 4.69) is 20.3 Å². The van der Waals surface area contributed by atoms with Crippen LogP contribution in [0.25, 0.3) is 27.7 Å². The number of benzene rings is 1. The summed E-state index contributed by atoms with van der Waals surface area (Å²) in [5.41, 5.74) is 3.50. The number of rotatable bonds is 4. The van der Waals surface area contributed by atoms with Crippen LogP contribution >= 0.6 is 11.6 Å². The molecular formula is C19H14ClN7O2. The number of hydrogen-bond acceptors (Lipinski definition) is 6. The fraction of sp³-hybridized carbons (Fsp3) is 0.105. The summed E-state index contributed by atoms with van der Waals surface area (Å²) in [6.45, 7) is 0.306. The number of nitrogens with zero attached hydrogens (tertiary/aromatic N) is 7. The zero-order valence-electron chi connectivity index (χ0n) is 15.2. The van der Waals surface area contributed by atoms with Crippen molar-refractivity contribution in [2.45, 2.75) is 6.61 Å². The van der Waals surface area contributed by atoms with E-state index in [1.165, 1.54) is 22.0 Å². The second-order valence-electron chi connectivity index (χ2n) is 6.36. The summed E-state index contributed by atoms with van der Waals surface area (Å²) in [5, 5.41) is 13.2. The first-order valence-electron chi connectivity index (χ1n) is 8.69. The molecule has 9 nitrogen and oxygen atoms in total. The first-order chi connectivity index (χ1) is 14.2. The number of hydrogen-bond donors (Lipinski definition) is 0. The lowest BCUT2D eigenvalue weighted by Crippen LogP contribution is -2.25. The number of ether oxygens (including phenoxy) is 1. The highest BCUT2D eigenvalue weighted by molar-refractivity contribution is 6.30. The second kappa shape index (κ2) is 6.80. The number of methoxy groups -OCH3 is 1. The minimum absolute atomic E-state index is 0.256. The van der Waals surface area contributed by atoms with Crippen LogP contribution in [0.5, 0.6) is 0 Å². The number of fused-ring (bicyclic) bond motifs is 3. The Balaban J connectivity index is 1.80. The normalized spacial score (nSPS) is 11.5. The summed E-state index contributed by atoms with van der Waals surface area (Å²) in [6, 6.07) is 9.26. The maximum atomic E-state index is 13.0. The first kappa shape index (κ1) is 17.5. The number of halogens is 1. The molecule has 0 spiro atoms. The average molecular weight is 408 g/mol. The molecule has 0 saturated heterocycles. The van der Waals surface area contributed by atoms with E-state index in [1.54, 1.807) is 30.1 Å². The molecule has 0 aliphatic carbocycles. The summed E-state index contributed by atoms with van der Waals surface area (Å²) in [5.74, 6) is 0. The Kier molecular flexibility index (Phi) is 4.11. The SMILES string of the molecule is COCc1nn2c(ncc3c(=O)n(-n4cnnc4)ccc32)c1-c1ccc(Cl)cc1. The molecule has 0 aliphatic rings. The third-order valence-electron chi connectivity index (χ3n) is 4.64. The van der Waals surface area contributed by atoms with Crippen molar-refractivity contribution in [3.05, 3.63) is 76.5 Å². The molecular weight excluding hydrogens is 394 g/mol. The fourth-order valence-corrected chi connectivity index (χ4v) is 3.47. The Bertz CT molecular complexity index is 1390. The summed E-state index contributed by atoms with van der Waals surface area (Å²) >= 11 is 6.04. The fourth-order valence-electron chi connectivity index (χ4n) is 3.34. The molecule has 29 heavy (non-hydrogen) atoms. The summed E-state index contributed by atoms with van der Waals surface area (Å²) in [6.07, 6.45) is 6.10. The van der Waals surface area contributed by atoms with Gasteiger partial charge in [-0.1, -0.05) is 23.7 Å². The van der Waals surface area contributed by atoms with E-state index >= 15 is 0 Å². The highest BCUT2D eigenvalue weighted by atomic mass is 35.5. The molecule has 5 rings (SSSR count). The molecule has 4 heterocycles. The van der Waals surface area contributed by atoms with Crippen LogP contribution < -0.4 is 5.56 Å². The Morgan fingerprint density at radius 2 is 1.86 bits per heavy atom. The van der Waals surface area contributed by atoms with E-state index in [-0.39, 0.29) is 5.56 Å². The number of aromatic nitrogens is 7. The van der Waals surface area contributed by atoms with Crippen molar-refractivity contribution in [3.63, 3.8) is 0 Å². The summed E-state index contributed by atoms with van der Waals surface area (Å²) in [4.78, 5) is 17.5. The standard InChI is InChI=1S/C19H14ClN7O2/c1-29-9-15-17(12-2-4-13(20)5-3-12)18-21-8-14-16(27(18)24-15)6-7-26(19(14)28)25-10-22-23-11-25/h2-8,10-11H,9H2,1H3. The van der Waals surface area contributed by atoms with Crippen LogP contribution in [0.1, 0.15) is 5.69 Å². The maximum Gasteiger partial charge on any atom is 0.280 e. The van der Waals surface area contributed by atoms with Crippen molar-refractivity contribution in [2.24, 2.45) is 0 Å². The van der Waals surface area contributed by atoms with E-state index in [9.17, 15) is 4.79 Å². The Morgan fingerprint density at radius 3 is 2.59 bits per heavy atom. The molecule has 0 saturated carbocycles. The summed E-state index contributed by atoms with van der Waals surface area (Å²) in [7, 11) is 1.61. The van der Waals surface area contributed by atoms with Crippen molar-refractivity contribution in [1.29, 1.82) is 0 Å². The smallest absolute Gasteiger partial charge is 0.280 e. The van der Waals surface area contributed by atoms with Crippen molar-refractivity contribution in [2.75, 3.05) is 7.11 Å². The Morgan fingerprint density at radius 1 is 1.10 bits per heavy atom. The lowest BCUT2D eigenvalue weighted by Gasteiger charge is -2.07. The molecule has 0 radical (unpaired) electrons. The van der Waals surface area contributed by atoms with E-state index in [1.807, 2.05) is 24.3 Å². The van der Waals surface area contributed by atoms with Gasteiger partial charge in [-0.25, -0.2) is 18.9 Å². The first-order valence-corrected chi connectivity index (χ1v) is 9.07. The second-order valence-corrected chi connectivity index (χ2v) is 6.80. The molecule has 0 atom stereocenters. The largest absolute Gasteiger partial charge is 0.378 e. The molecule has 0 N–H and O–H groups in total. The van der Waals surface area contributed by atoms with Crippen LogP contribution in [0, 0.1) is 0 Å². The molecule has 10 heteroatoms. The molecule has 0 aliphatic heterocycles. The Hall–Kier alpha value is -3.56. The van der Waals surface area contributed by atoms with Crippen LogP contribution in [-0.2, 0) is 11.3 Å². The molecule has 4 aromatic heterocycles. The maximum absolute atomic E-state index is 13.0. The van der Waals surface area contributed by atoms with E-state index in [0.29, 0.717) is 28.2 Å². The van der Waals surface area contributed by atoms with Crippen LogP contribution in [0.3, 0.4) is 0 Å². The van der Waals surface area contributed by atoms with Gasteiger partial charge in [0.25, 0.3) is 5.56 Å². The molecule has 0 fully saturated rings. The zero-order chi connectivity index (χ0) is 20.0. The van der Waals surface area contributed by atoms with E-state index in [4.69, 9.17) is 16.3 Å². The molecule has 5 aromatic rings. The van der Waals surface area contributed by atoms with Crippen molar-refractivity contribution < 1.29 is 4.74 Å². The number of pyridine rings is 1. The van der Waals surface area contributed by atoms with Crippen LogP contribution in [0.2, 0.25) is 5.02 Å². The van der Waals surface area contributed by atoms with Gasteiger partial charge in [-0.3, -0.25) is 4.79 Å². The van der Waals surface area contributed by atoms with Gasteiger partial charge in [-0.05, 0) is 23.8 Å². The monoisotopic (exact) mass is 407 g/mol. The van der Waals surface area contributed by atoms with Crippen LogP contribution in [0.15, 0.2) is 60.2 Å². The molecule has 144 valence electrons. The minimum atomic E-state index is -0.256. The van der Waals surface area contributed by atoms with Gasteiger partial charge in [0.1, 0.15) is 12.7 Å². The molecule has 1 aromatic carbocycles. The van der Waals surface area contributed by atoms with Gasteiger partial charge in [0, 0.05) is 24.5 Å². The van der Waals surface area contributed by atoms with Gasteiger partial charge < -0.3 is 4.74 Å². The van der Waals surface area contributed by atoms with E-state index < -0.39 is 0 Å². The van der Waals surface area contributed by atoms with Gasteiger partial charge in [0.2, 0.25) is 0 Å². The third kappa shape index (κ3) is 2.79. The Labute approximate surface area is 168 Å². The predicted molar refractivity (Wildman–Crippen MR) is 107 cm³/mol. The van der Waals surface area contributed by atoms with Gasteiger partial charge in [-0.2, -0.15) is 5.10 Å². The third-order valence-corrected chi connectivity index (χ3v) is 4.89. The predicted octanol–water partition coefficient (Wildman–Crippen LogP) is 2.41. The van der Waals surface area contributed by atoms with E-state index in [0.717, 1.165) is 16.8 Å². The van der Waals surface area contributed by atoms with Crippen molar-refractivity contribution in [3.8, 4) is 11.1 Å². The lowest BCUT2D eigenvalue weighted by atomic mass is 10.1. The van der Waals surface area contributed by atoms with Crippen LogP contribution in [0.4, 0.5) is 0 Å². The zero-order valence-corrected chi connectivity index (χ0v) is 16.0. The highest BCUT2D eigenvalue weighted by Gasteiger charge is 2.19. The van der Waals surface area contributed by atoms with Gasteiger partial charge in [0.15, 0.2) is 5.65 Å². The molecule has 0 bridgehead atoms. The topological polar surface area (TPSA) is 92.1 Å². The minimum Gasteiger partial charge on any atom is -0.378 e. The van der Waals surface area contributed by atoms with Gasteiger partial charge in [0.05, 0.1) is 28.8 Å². The summed E-state index contributed by atoms with van der Waals surface area (Å²) < 4.78 is 9.90. The molecule has 0 amide bonds. The van der Waals surface area contributed by atoms with Gasteiger partial charge >= 0.3 is 0 Å². The average Bonchev–Trinajstić information content (AvgIpc) is 3.37. The highest BCUT2D eigenvalue weighted by Crippen LogP contribution is 2.30. The van der Waals surface area contributed by atoms with Crippen LogP contribution in [-0.4, -0.2) is 41.3 Å². The van der Waals surface area contributed by atoms with Gasteiger partial charge in [-0.15, -0.1) is 10.2 Å². The molecule has 0 unspecified atom stereocenters. The van der Waals surface area contributed by atoms with Crippen molar-refractivity contribution >= 4 is 28.2 Å². The lowest BCUT2D eigenvalue weighted by molar-refractivity contribution is 0.181. The van der Waals surface area contributed by atoms with Crippen molar-refractivity contribution in [1.82, 2.24) is 34.1 Å². The quantitative estimate of drug-likeness (QED) is 0.454.